The van der Waals surface area contributed by atoms with E-state index in [4.69, 9.17) is 0 Å². The first-order valence-electron chi connectivity index (χ1n) is 6.85. The molecule has 1 rings (SSSR count). The molecule has 0 saturated heterocycles. The van der Waals surface area contributed by atoms with Crippen LogP contribution in [0.3, 0.4) is 0 Å². The van der Waals surface area contributed by atoms with Crippen molar-refractivity contribution < 1.29 is 9.59 Å². The molecule has 2 amide bonds. The number of hydrogen-bond acceptors (Lipinski definition) is 3. The lowest BCUT2D eigenvalue weighted by Gasteiger charge is -2.23. The van der Waals surface area contributed by atoms with E-state index in [0.29, 0.717) is 12.6 Å². The highest BCUT2D eigenvalue weighted by Gasteiger charge is 2.17. The van der Waals surface area contributed by atoms with E-state index in [1.807, 2.05) is 6.92 Å². The molecule has 1 saturated carbocycles. The maximum Gasteiger partial charge on any atom is 0.239 e. The molecule has 0 spiro atoms. The Morgan fingerprint density at radius 1 is 1.21 bits per heavy atom. The molecule has 5 nitrogen and oxygen atoms in total. The first-order chi connectivity index (χ1) is 8.63. The Hall–Kier alpha value is -0.810. The highest BCUT2D eigenvalue weighted by atomic mass is 35.5. The molecule has 3 N–H and O–H groups in total. The zero-order valence-electron chi connectivity index (χ0n) is 11.8. The normalized spacial score (nSPS) is 17.2. The van der Waals surface area contributed by atoms with Gasteiger partial charge in [-0.05, 0) is 19.9 Å². The van der Waals surface area contributed by atoms with Crippen molar-refractivity contribution in [2.24, 2.45) is 5.92 Å². The fourth-order valence-electron chi connectivity index (χ4n) is 2.27. The lowest BCUT2D eigenvalue weighted by atomic mass is 9.95. The summed E-state index contributed by atoms with van der Waals surface area (Å²) in [7, 11) is 1.81. The quantitative estimate of drug-likeness (QED) is 0.679. The van der Waals surface area contributed by atoms with Crippen molar-refractivity contribution in [2.75, 3.05) is 20.1 Å². The Morgan fingerprint density at radius 3 is 2.42 bits per heavy atom. The van der Waals surface area contributed by atoms with E-state index in [-0.39, 0.29) is 36.7 Å². The van der Waals surface area contributed by atoms with Gasteiger partial charge in [-0.3, -0.25) is 9.59 Å². The molecule has 0 heterocycles. The Balaban J connectivity index is 0.00000324. The summed E-state index contributed by atoms with van der Waals surface area (Å²) in [4.78, 5) is 23.3. The van der Waals surface area contributed by atoms with Crippen LogP contribution < -0.4 is 16.0 Å². The third-order valence-electron chi connectivity index (χ3n) is 3.35. The van der Waals surface area contributed by atoms with Crippen LogP contribution in [0.1, 0.15) is 39.0 Å². The van der Waals surface area contributed by atoms with Crippen molar-refractivity contribution >= 4 is 24.2 Å². The lowest BCUT2D eigenvalue weighted by molar-refractivity contribution is -0.128. The number of hydrogen-bond donors (Lipinski definition) is 3. The summed E-state index contributed by atoms with van der Waals surface area (Å²) in [5, 5.41) is 8.58. The van der Waals surface area contributed by atoms with Crippen molar-refractivity contribution in [3.05, 3.63) is 0 Å². The maximum atomic E-state index is 11.7. The van der Waals surface area contributed by atoms with Crippen molar-refractivity contribution in [2.45, 2.75) is 45.1 Å². The Labute approximate surface area is 121 Å². The van der Waals surface area contributed by atoms with Gasteiger partial charge in [0.05, 0.1) is 6.54 Å². The summed E-state index contributed by atoms with van der Waals surface area (Å²) in [5.74, 6) is -0.271. The zero-order chi connectivity index (χ0) is 13.4. The van der Waals surface area contributed by atoms with E-state index in [1.165, 1.54) is 19.3 Å². The van der Waals surface area contributed by atoms with Crippen molar-refractivity contribution in [1.29, 1.82) is 0 Å². The third-order valence-corrected chi connectivity index (χ3v) is 3.35. The van der Waals surface area contributed by atoms with Crippen molar-refractivity contribution in [1.82, 2.24) is 16.0 Å². The van der Waals surface area contributed by atoms with Crippen molar-refractivity contribution in [3.63, 3.8) is 0 Å². The standard InChI is InChI=1S/C13H25N3O2.ClH/c1-10(8-14-2)13(18)15-9-12(17)16-11-6-4-3-5-7-11;/h10-11,14H,3-9H2,1-2H3,(H,15,18)(H,16,17);1H. The SMILES string of the molecule is CNCC(C)C(=O)NCC(=O)NC1CCCCC1.Cl. The zero-order valence-corrected chi connectivity index (χ0v) is 12.6. The Bertz CT molecular complexity index is 281. The number of nitrogens with one attached hydrogen (secondary N) is 3. The van der Waals surface area contributed by atoms with Crippen LogP contribution >= 0.6 is 12.4 Å². The molecule has 6 heteroatoms. The van der Waals surface area contributed by atoms with E-state index in [1.54, 1.807) is 7.05 Å². The predicted octanol–water partition coefficient (Wildman–Crippen LogP) is 0.829. The topological polar surface area (TPSA) is 70.2 Å². The molecule has 1 unspecified atom stereocenters. The number of carbonyl (C=O) groups excluding carboxylic acids is 2. The van der Waals surface area contributed by atoms with Crippen LogP contribution in [0.15, 0.2) is 0 Å². The van der Waals surface area contributed by atoms with Gasteiger partial charge < -0.3 is 16.0 Å². The molecule has 1 atom stereocenters. The summed E-state index contributed by atoms with van der Waals surface area (Å²) < 4.78 is 0. The largest absolute Gasteiger partial charge is 0.352 e. The van der Waals surface area contributed by atoms with Gasteiger partial charge in [0.25, 0.3) is 0 Å². The summed E-state index contributed by atoms with van der Waals surface area (Å²) >= 11 is 0. The van der Waals surface area contributed by atoms with Crippen LogP contribution in [0.5, 0.6) is 0 Å². The minimum absolute atomic E-state index is 0. The van der Waals surface area contributed by atoms with Gasteiger partial charge in [-0.15, -0.1) is 12.4 Å². The molecule has 0 aliphatic heterocycles. The van der Waals surface area contributed by atoms with Crippen LogP contribution in [0.25, 0.3) is 0 Å². The summed E-state index contributed by atoms with van der Waals surface area (Å²) in [6.45, 7) is 2.55. The first kappa shape index (κ1) is 18.2. The minimum atomic E-state index is -0.113. The molecule has 0 aromatic carbocycles. The van der Waals surface area contributed by atoms with Gasteiger partial charge in [-0.2, -0.15) is 0 Å². The van der Waals surface area contributed by atoms with Crippen LogP contribution in [-0.2, 0) is 9.59 Å². The van der Waals surface area contributed by atoms with Gasteiger partial charge in [-0.25, -0.2) is 0 Å². The van der Waals surface area contributed by atoms with Crippen LogP contribution in [-0.4, -0.2) is 38.0 Å². The van der Waals surface area contributed by atoms with Gasteiger partial charge in [0.2, 0.25) is 11.8 Å². The van der Waals surface area contributed by atoms with Gasteiger partial charge in [0.15, 0.2) is 0 Å². The number of rotatable bonds is 6. The second-order valence-corrected chi connectivity index (χ2v) is 5.08. The smallest absolute Gasteiger partial charge is 0.239 e. The summed E-state index contributed by atoms with van der Waals surface area (Å²) in [6, 6.07) is 0.304. The molecule has 112 valence electrons. The summed E-state index contributed by atoms with van der Waals surface area (Å²) in [5.41, 5.74) is 0. The number of amides is 2. The molecule has 0 aromatic rings. The van der Waals surface area contributed by atoms with E-state index >= 15 is 0 Å². The van der Waals surface area contributed by atoms with E-state index < -0.39 is 0 Å². The Morgan fingerprint density at radius 2 is 1.84 bits per heavy atom. The molecule has 0 aromatic heterocycles. The van der Waals surface area contributed by atoms with Crippen LogP contribution in [0.2, 0.25) is 0 Å². The van der Waals surface area contributed by atoms with Gasteiger partial charge >= 0.3 is 0 Å². The van der Waals surface area contributed by atoms with Gasteiger partial charge in [0.1, 0.15) is 0 Å². The van der Waals surface area contributed by atoms with Crippen molar-refractivity contribution in [3.8, 4) is 0 Å². The molecule has 0 radical (unpaired) electrons. The Kier molecular flexibility index (Phi) is 9.61. The molecule has 0 bridgehead atoms. The molecule has 1 fully saturated rings. The molecule has 1 aliphatic carbocycles. The highest BCUT2D eigenvalue weighted by Crippen LogP contribution is 2.16. The van der Waals surface area contributed by atoms with E-state index in [9.17, 15) is 9.59 Å². The van der Waals surface area contributed by atoms with Gasteiger partial charge in [0, 0.05) is 18.5 Å². The molecular formula is C13H26ClN3O2. The predicted molar refractivity (Wildman–Crippen MR) is 78.4 cm³/mol. The minimum Gasteiger partial charge on any atom is -0.352 e. The second kappa shape index (κ2) is 10.0. The number of halogens is 1. The fraction of sp³-hybridized carbons (Fsp3) is 0.846. The fourth-order valence-corrected chi connectivity index (χ4v) is 2.27. The van der Waals surface area contributed by atoms with Crippen LogP contribution in [0, 0.1) is 5.92 Å². The number of carbonyl (C=O) groups is 2. The molecule has 19 heavy (non-hydrogen) atoms. The van der Waals surface area contributed by atoms with Gasteiger partial charge in [-0.1, -0.05) is 26.2 Å². The maximum absolute atomic E-state index is 11.7. The third kappa shape index (κ3) is 7.38. The molecule has 1 aliphatic rings. The summed E-state index contributed by atoms with van der Waals surface area (Å²) in [6.07, 6.45) is 5.78. The van der Waals surface area contributed by atoms with Crippen LogP contribution in [0.4, 0.5) is 0 Å². The average molecular weight is 292 g/mol. The molecular weight excluding hydrogens is 266 g/mol. The monoisotopic (exact) mass is 291 g/mol. The van der Waals surface area contributed by atoms with E-state index in [0.717, 1.165) is 12.8 Å². The lowest BCUT2D eigenvalue weighted by Crippen LogP contribution is -2.44. The first-order valence-corrected chi connectivity index (χ1v) is 6.85. The van der Waals surface area contributed by atoms with E-state index in [2.05, 4.69) is 16.0 Å². The average Bonchev–Trinajstić information content (AvgIpc) is 2.37. The second-order valence-electron chi connectivity index (χ2n) is 5.08. The highest BCUT2D eigenvalue weighted by molar-refractivity contribution is 5.86.